The van der Waals surface area contributed by atoms with Crippen LogP contribution in [-0.4, -0.2) is 24.7 Å². The van der Waals surface area contributed by atoms with Crippen molar-refractivity contribution in [3.05, 3.63) is 65.2 Å². The van der Waals surface area contributed by atoms with Crippen LogP contribution in [0.15, 0.2) is 53.7 Å². The lowest BCUT2D eigenvalue weighted by Gasteiger charge is -2.20. The van der Waals surface area contributed by atoms with Gasteiger partial charge in [0.1, 0.15) is 0 Å². The van der Waals surface area contributed by atoms with Gasteiger partial charge in [0.2, 0.25) is 0 Å². The molecule has 0 amide bonds. The van der Waals surface area contributed by atoms with E-state index in [0.29, 0.717) is 35.7 Å². The van der Waals surface area contributed by atoms with E-state index in [4.69, 9.17) is 14.3 Å². The van der Waals surface area contributed by atoms with Gasteiger partial charge in [0.05, 0.1) is 11.3 Å². The lowest BCUT2D eigenvalue weighted by atomic mass is 9.97. The molecule has 0 bridgehead atoms. The fraction of sp³-hybridized carbons (Fsp3) is 0.333. The fourth-order valence-electron chi connectivity index (χ4n) is 2.46. The molecule has 2 aromatic carbocycles. The number of oxime groups is 1. The number of hydrogen-bond donors (Lipinski definition) is 0. The summed E-state index contributed by atoms with van der Waals surface area (Å²) in [6, 6.07) is 14.4. The van der Waals surface area contributed by atoms with Gasteiger partial charge in [-0.3, -0.25) is 4.79 Å². The predicted molar refractivity (Wildman–Crippen MR) is 102 cm³/mol. The molecule has 138 valence electrons. The van der Waals surface area contributed by atoms with E-state index in [9.17, 15) is 4.79 Å². The standard InChI is InChI=1S/C21H25NO4/c1-5-24-21(25-6-2)17-12-8-7-11-16(17)20(23)18-13-9-10-14-19(18)26-22-15(3)4/h7-14,21H,5-6H2,1-4H3. The zero-order valence-electron chi connectivity index (χ0n) is 15.7. The summed E-state index contributed by atoms with van der Waals surface area (Å²) in [6.45, 7) is 8.41. The molecule has 0 aliphatic carbocycles. The third kappa shape index (κ3) is 5.00. The van der Waals surface area contributed by atoms with E-state index in [0.717, 1.165) is 5.71 Å². The average Bonchev–Trinajstić information content (AvgIpc) is 2.66. The molecule has 0 saturated heterocycles. The van der Waals surface area contributed by atoms with Crippen LogP contribution < -0.4 is 4.84 Å². The average molecular weight is 355 g/mol. The minimum atomic E-state index is -0.589. The summed E-state index contributed by atoms with van der Waals surface area (Å²) in [5.41, 5.74) is 2.43. The van der Waals surface area contributed by atoms with Crippen molar-refractivity contribution in [2.24, 2.45) is 5.16 Å². The van der Waals surface area contributed by atoms with Crippen LogP contribution in [0.3, 0.4) is 0 Å². The van der Waals surface area contributed by atoms with Gasteiger partial charge < -0.3 is 14.3 Å². The van der Waals surface area contributed by atoms with Crippen LogP contribution in [0.1, 0.15) is 55.5 Å². The Balaban J connectivity index is 2.44. The highest BCUT2D eigenvalue weighted by atomic mass is 16.7. The van der Waals surface area contributed by atoms with Crippen molar-refractivity contribution in [1.82, 2.24) is 0 Å². The van der Waals surface area contributed by atoms with E-state index in [2.05, 4.69) is 5.16 Å². The molecule has 0 atom stereocenters. The monoisotopic (exact) mass is 355 g/mol. The van der Waals surface area contributed by atoms with E-state index in [1.807, 2.05) is 52.0 Å². The Bertz CT molecular complexity index is 760. The van der Waals surface area contributed by atoms with Crippen molar-refractivity contribution in [2.45, 2.75) is 34.0 Å². The van der Waals surface area contributed by atoms with Crippen LogP contribution in [0, 0.1) is 0 Å². The number of carbonyl (C=O) groups is 1. The number of nitrogens with zero attached hydrogens (tertiary/aromatic N) is 1. The maximum atomic E-state index is 13.2. The van der Waals surface area contributed by atoms with E-state index in [1.165, 1.54) is 0 Å². The number of hydrogen-bond acceptors (Lipinski definition) is 5. The van der Waals surface area contributed by atoms with Crippen molar-refractivity contribution >= 4 is 11.5 Å². The zero-order valence-corrected chi connectivity index (χ0v) is 15.7. The van der Waals surface area contributed by atoms with Gasteiger partial charge >= 0.3 is 0 Å². The van der Waals surface area contributed by atoms with Crippen LogP contribution in [0.4, 0.5) is 0 Å². The SMILES string of the molecule is CCOC(OCC)c1ccccc1C(=O)c1ccccc1ON=C(C)C. The second-order valence-electron chi connectivity index (χ2n) is 5.78. The van der Waals surface area contributed by atoms with Crippen LogP contribution in [0.25, 0.3) is 0 Å². The van der Waals surface area contributed by atoms with Crippen molar-refractivity contribution < 1.29 is 19.1 Å². The molecule has 5 heteroatoms. The molecule has 0 aliphatic rings. The van der Waals surface area contributed by atoms with Gasteiger partial charge in [-0.2, -0.15) is 0 Å². The van der Waals surface area contributed by atoms with Gasteiger partial charge in [0, 0.05) is 24.3 Å². The van der Waals surface area contributed by atoms with Gasteiger partial charge in [0.15, 0.2) is 17.8 Å². The topological polar surface area (TPSA) is 57.1 Å². The highest BCUT2D eigenvalue weighted by molar-refractivity contribution is 6.11. The Hall–Kier alpha value is -2.50. The Morgan fingerprint density at radius 2 is 1.50 bits per heavy atom. The molecule has 2 aromatic rings. The Labute approximate surface area is 154 Å². The lowest BCUT2D eigenvalue weighted by molar-refractivity contribution is -0.140. The Morgan fingerprint density at radius 1 is 0.923 bits per heavy atom. The number of ketones is 1. The summed E-state index contributed by atoms with van der Waals surface area (Å²) in [7, 11) is 0. The van der Waals surface area contributed by atoms with E-state index >= 15 is 0 Å². The second-order valence-corrected chi connectivity index (χ2v) is 5.78. The summed E-state index contributed by atoms with van der Waals surface area (Å²) < 4.78 is 11.4. The molecule has 0 unspecified atom stereocenters. The molecule has 0 fully saturated rings. The summed E-state index contributed by atoms with van der Waals surface area (Å²) in [5, 5.41) is 3.96. The van der Waals surface area contributed by atoms with Crippen molar-refractivity contribution in [3.8, 4) is 5.75 Å². The first-order chi connectivity index (χ1) is 12.6. The molecule has 0 aromatic heterocycles. The van der Waals surface area contributed by atoms with Crippen molar-refractivity contribution in [1.29, 1.82) is 0 Å². The first kappa shape index (κ1) is 19.8. The zero-order chi connectivity index (χ0) is 18.9. The molecule has 0 saturated carbocycles. The first-order valence-electron chi connectivity index (χ1n) is 8.72. The quantitative estimate of drug-likeness (QED) is 0.281. The summed E-state index contributed by atoms with van der Waals surface area (Å²) in [4.78, 5) is 18.6. The van der Waals surface area contributed by atoms with Crippen molar-refractivity contribution in [3.63, 3.8) is 0 Å². The number of para-hydroxylation sites is 1. The van der Waals surface area contributed by atoms with Gasteiger partial charge in [0.25, 0.3) is 0 Å². The summed E-state index contributed by atoms with van der Waals surface area (Å²) in [5.74, 6) is 0.252. The smallest absolute Gasteiger partial charge is 0.197 e. The first-order valence-corrected chi connectivity index (χ1v) is 8.72. The summed E-state index contributed by atoms with van der Waals surface area (Å²) in [6.07, 6.45) is -0.589. The molecule has 0 aliphatic heterocycles. The van der Waals surface area contributed by atoms with E-state index in [1.54, 1.807) is 24.3 Å². The maximum absolute atomic E-state index is 13.2. The largest absolute Gasteiger partial charge is 0.356 e. The van der Waals surface area contributed by atoms with Crippen molar-refractivity contribution in [2.75, 3.05) is 13.2 Å². The fourth-order valence-corrected chi connectivity index (χ4v) is 2.46. The Kier molecular flexibility index (Phi) is 7.51. The maximum Gasteiger partial charge on any atom is 0.197 e. The van der Waals surface area contributed by atoms with E-state index < -0.39 is 6.29 Å². The van der Waals surface area contributed by atoms with Crippen LogP contribution >= 0.6 is 0 Å². The molecule has 0 radical (unpaired) electrons. The predicted octanol–water partition coefficient (Wildman–Crippen LogP) is 4.76. The van der Waals surface area contributed by atoms with Gasteiger partial charge in [-0.1, -0.05) is 41.6 Å². The normalized spacial score (nSPS) is 10.7. The molecule has 26 heavy (non-hydrogen) atoms. The number of ether oxygens (including phenoxy) is 2. The minimum absolute atomic E-state index is 0.162. The molecule has 2 rings (SSSR count). The third-order valence-electron chi connectivity index (χ3n) is 3.55. The van der Waals surface area contributed by atoms with Gasteiger partial charge in [-0.15, -0.1) is 0 Å². The molecule has 0 spiro atoms. The minimum Gasteiger partial charge on any atom is -0.356 e. The van der Waals surface area contributed by atoms with Gasteiger partial charge in [-0.25, -0.2) is 0 Å². The highest BCUT2D eigenvalue weighted by Gasteiger charge is 2.22. The highest BCUT2D eigenvalue weighted by Crippen LogP contribution is 2.28. The van der Waals surface area contributed by atoms with Crippen LogP contribution in [-0.2, 0) is 9.47 Å². The molecular formula is C21H25NO4. The molecule has 0 heterocycles. The van der Waals surface area contributed by atoms with Gasteiger partial charge in [-0.05, 0) is 39.8 Å². The lowest BCUT2D eigenvalue weighted by Crippen LogP contribution is -2.14. The third-order valence-corrected chi connectivity index (χ3v) is 3.55. The number of carbonyl (C=O) groups excluding carboxylic acids is 1. The van der Waals surface area contributed by atoms with Crippen LogP contribution in [0.5, 0.6) is 5.75 Å². The second kappa shape index (κ2) is 9.85. The van der Waals surface area contributed by atoms with E-state index in [-0.39, 0.29) is 5.78 Å². The number of rotatable bonds is 9. The molecular weight excluding hydrogens is 330 g/mol. The van der Waals surface area contributed by atoms with Crippen LogP contribution in [0.2, 0.25) is 0 Å². The summed E-state index contributed by atoms with van der Waals surface area (Å²) >= 11 is 0. The molecule has 5 nitrogen and oxygen atoms in total. The molecule has 0 N–H and O–H groups in total. The Morgan fingerprint density at radius 3 is 2.12 bits per heavy atom. The number of benzene rings is 2.